The van der Waals surface area contributed by atoms with Gasteiger partial charge in [0, 0.05) is 21.9 Å². The summed E-state index contributed by atoms with van der Waals surface area (Å²) in [5.74, 6) is -2.46. The summed E-state index contributed by atoms with van der Waals surface area (Å²) >= 11 is 0. The second-order valence-corrected chi connectivity index (χ2v) is 6.95. The highest BCUT2D eigenvalue weighted by molar-refractivity contribution is 6.18. The average Bonchev–Trinajstić information content (AvgIpc) is 2.71. The zero-order valence-electron chi connectivity index (χ0n) is 15.8. The number of aryl methyl sites for hydroxylation is 1. The number of benzene rings is 3. The van der Waals surface area contributed by atoms with Crippen LogP contribution in [0.4, 0.5) is 26.3 Å². The van der Waals surface area contributed by atoms with Crippen molar-refractivity contribution in [3.8, 4) is 11.4 Å². The highest BCUT2D eigenvalue weighted by Gasteiger charge is 2.42. The molecule has 0 N–H and O–H groups in total. The van der Waals surface area contributed by atoms with Crippen molar-refractivity contribution in [2.24, 2.45) is 0 Å². The molecule has 158 valence electrons. The van der Waals surface area contributed by atoms with E-state index in [0.717, 1.165) is 5.56 Å². The second kappa shape index (κ2) is 7.04. The smallest absolute Gasteiger partial charge is 0.284 e. The lowest BCUT2D eigenvalue weighted by Crippen LogP contribution is -2.23. The molecule has 0 atom stereocenters. The van der Waals surface area contributed by atoms with Crippen LogP contribution in [0.1, 0.15) is 21.6 Å². The van der Waals surface area contributed by atoms with E-state index in [1.807, 2.05) is 0 Å². The molecule has 31 heavy (non-hydrogen) atoms. The molecule has 1 aromatic heterocycles. The third kappa shape index (κ3) is 3.71. The van der Waals surface area contributed by atoms with Crippen LogP contribution in [0, 0.1) is 6.92 Å². The fourth-order valence-corrected chi connectivity index (χ4v) is 3.35. The molecule has 0 amide bonds. The molecule has 0 saturated carbocycles. The van der Waals surface area contributed by atoms with Crippen molar-refractivity contribution >= 4 is 27.5 Å². The SMILES string of the molecule is Cc1ccc(-c2nc(C(F)(F)F)c3cc(C(=O)C(F)(F)F)c4ccccc4c3n2)cc1. The molecule has 0 aliphatic carbocycles. The highest BCUT2D eigenvalue weighted by Crippen LogP contribution is 2.39. The molecule has 9 heteroatoms. The van der Waals surface area contributed by atoms with Gasteiger partial charge in [0.15, 0.2) is 11.5 Å². The predicted octanol–water partition coefficient (Wildman–Crippen LogP) is 6.52. The third-order valence-electron chi connectivity index (χ3n) is 4.79. The van der Waals surface area contributed by atoms with Crippen molar-refractivity contribution in [2.45, 2.75) is 19.3 Å². The lowest BCUT2D eigenvalue weighted by atomic mass is 9.96. The lowest BCUT2D eigenvalue weighted by molar-refractivity contribution is -0.139. The van der Waals surface area contributed by atoms with Gasteiger partial charge in [-0.05, 0) is 18.4 Å². The highest BCUT2D eigenvalue weighted by atomic mass is 19.4. The zero-order chi connectivity index (χ0) is 22.6. The molecule has 0 fully saturated rings. The Kier molecular flexibility index (Phi) is 4.72. The maximum Gasteiger partial charge on any atom is 0.454 e. The monoisotopic (exact) mass is 434 g/mol. The molecule has 4 rings (SSSR count). The topological polar surface area (TPSA) is 42.9 Å². The number of rotatable bonds is 2. The standard InChI is InChI=1S/C22H12F6N2O/c1-11-6-8-12(9-7-11)20-29-17-14-5-3-2-4-13(14)15(19(31)22(26,27)28)10-16(17)18(30-20)21(23,24)25/h2-10H,1H3. The maximum atomic E-state index is 13.8. The molecule has 4 aromatic rings. The van der Waals surface area contributed by atoms with Crippen LogP contribution >= 0.6 is 0 Å². The van der Waals surface area contributed by atoms with Gasteiger partial charge in [0.2, 0.25) is 0 Å². The first-order valence-corrected chi connectivity index (χ1v) is 8.96. The Balaban J connectivity index is 2.15. The Labute approximate surface area is 171 Å². The van der Waals surface area contributed by atoms with Crippen LogP contribution in [0.25, 0.3) is 33.1 Å². The molecular formula is C22H12F6N2O. The number of aromatic nitrogens is 2. The summed E-state index contributed by atoms with van der Waals surface area (Å²) < 4.78 is 80.9. The largest absolute Gasteiger partial charge is 0.454 e. The van der Waals surface area contributed by atoms with Crippen LogP contribution in [-0.4, -0.2) is 21.9 Å². The third-order valence-corrected chi connectivity index (χ3v) is 4.79. The van der Waals surface area contributed by atoms with Crippen LogP contribution < -0.4 is 0 Å². The van der Waals surface area contributed by atoms with Crippen molar-refractivity contribution in [3.05, 3.63) is 71.4 Å². The Morgan fingerprint density at radius 2 is 1.42 bits per heavy atom. The lowest BCUT2D eigenvalue weighted by Gasteiger charge is -2.16. The van der Waals surface area contributed by atoms with Gasteiger partial charge >= 0.3 is 12.4 Å². The molecule has 0 unspecified atom stereocenters. The van der Waals surface area contributed by atoms with E-state index in [2.05, 4.69) is 9.97 Å². The van der Waals surface area contributed by atoms with Crippen molar-refractivity contribution in [1.29, 1.82) is 0 Å². The minimum absolute atomic E-state index is 0.00568. The zero-order valence-corrected chi connectivity index (χ0v) is 15.8. The number of hydrogen-bond donors (Lipinski definition) is 0. The summed E-state index contributed by atoms with van der Waals surface area (Å²) in [5.41, 5.74) is -1.28. The molecule has 1 heterocycles. The summed E-state index contributed by atoms with van der Waals surface area (Å²) in [6.45, 7) is 1.80. The van der Waals surface area contributed by atoms with Gasteiger partial charge in [0.05, 0.1) is 5.52 Å². The van der Waals surface area contributed by atoms with Crippen molar-refractivity contribution < 1.29 is 31.1 Å². The summed E-state index contributed by atoms with van der Waals surface area (Å²) in [6.07, 6.45) is -10.2. The second-order valence-electron chi connectivity index (χ2n) is 6.95. The van der Waals surface area contributed by atoms with Gasteiger partial charge in [-0.3, -0.25) is 4.79 Å². The summed E-state index contributed by atoms with van der Waals surface area (Å²) in [5, 5.41) is -0.817. The van der Waals surface area contributed by atoms with Gasteiger partial charge in [-0.15, -0.1) is 0 Å². The molecule has 3 nitrogen and oxygen atoms in total. The molecule has 0 bridgehead atoms. The number of hydrogen-bond acceptors (Lipinski definition) is 3. The maximum absolute atomic E-state index is 13.8. The van der Waals surface area contributed by atoms with Crippen LogP contribution in [-0.2, 0) is 6.18 Å². The first-order valence-electron chi connectivity index (χ1n) is 8.96. The average molecular weight is 434 g/mol. The van der Waals surface area contributed by atoms with E-state index in [1.165, 1.54) is 24.3 Å². The molecule has 0 saturated heterocycles. The van der Waals surface area contributed by atoms with E-state index in [4.69, 9.17) is 0 Å². The molecule has 0 radical (unpaired) electrons. The molecule has 0 aliphatic rings. The number of alkyl halides is 6. The number of halogens is 6. The minimum atomic E-state index is -5.25. The first kappa shape index (κ1) is 20.8. The van der Waals surface area contributed by atoms with Gasteiger partial charge in [-0.2, -0.15) is 26.3 Å². The fourth-order valence-electron chi connectivity index (χ4n) is 3.35. The summed E-state index contributed by atoms with van der Waals surface area (Å²) in [4.78, 5) is 19.8. The molecule has 3 aromatic carbocycles. The van der Waals surface area contributed by atoms with Gasteiger partial charge in [-0.25, -0.2) is 9.97 Å². The first-order chi connectivity index (χ1) is 14.5. The van der Waals surface area contributed by atoms with Gasteiger partial charge in [0.1, 0.15) is 0 Å². The van der Waals surface area contributed by atoms with Gasteiger partial charge in [0.25, 0.3) is 5.78 Å². The number of nitrogens with zero attached hydrogens (tertiary/aromatic N) is 2. The van der Waals surface area contributed by atoms with E-state index < -0.39 is 34.8 Å². The van der Waals surface area contributed by atoms with E-state index >= 15 is 0 Å². The van der Waals surface area contributed by atoms with Gasteiger partial charge in [-0.1, -0.05) is 54.1 Å². The van der Waals surface area contributed by atoms with Crippen molar-refractivity contribution in [1.82, 2.24) is 9.97 Å². The summed E-state index contributed by atoms with van der Waals surface area (Å²) in [6, 6.07) is 12.5. The minimum Gasteiger partial charge on any atom is -0.284 e. The Morgan fingerprint density at radius 3 is 2.00 bits per heavy atom. The number of Topliss-reactive ketones (excluding diaryl/α,β-unsaturated/α-hetero) is 1. The number of carbonyl (C=O) groups excluding carboxylic acids is 1. The molecular weight excluding hydrogens is 422 g/mol. The number of ketones is 1. The Hall–Kier alpha value is -3.49. The van der Waals surface area contributed by atoms with E-state index in [-0.39, 0.29) is 22.1 Å². The van der Waals surface area contributed by atoms with Crippen LogP contribution in [0.5, 0.6) is 0 Å². The predicted molar refractivity (Wildman–Crippen MR) is 103 cm³/mol. The molecule has 0 aliphatic heterocycles. The normalized spacial score (nSPS) is 12.5. The van der Waals surface area contributed by atoms with E-state index in [0.29, 0.717) is 11.6 Å². The van der Waals surface area contributed by atoms with Crippen LogP contribution in [0.3, 0.4) is 0 Å². The quantitative estimate of drug-likeness (QED) is 0.205. The van der Waals surface area contributed by atoms with Crippen molar-refractivity contribution in [2.75, 3.05) is 0 Å². The number of carbonyl (C=O) groups is 1. The summed E-state index contributed by atoms with van der Waals surface area (Å²) in [7, 11) is 0. The van der Waals surface area contributed by atoms with E-state index in [9.17, 15) is 31.1 Å². The van der Waals surface area contributed by atoms with Crippen LogP contribution in [0.15, 0.2) is 54.6 Å². The van der Waals surface area contributed by atoms with Crippen molar-refractivity contribution in [3.63, 3.8) is 0 Å². The number of fused-ring (bicyclic) bond motifs is 3. The van der Waals surface area contributed by atoms with E-state index in [1.54, 1.807) is 31.2 Å². The Morgan fingerprint density at radius 1 is 0.806 bits per heavy atom. The Bertz CT molecular complexity index is 1320. The molecule has 0 spiro atoms. The fraction of sp³-hybridized carbons (Fsp3) is 0.136. The van der Waals surface area contributed by atoms with Gasteiger partial charge < -0.3 is 0 Å². The van der Waals surface area contributed by atoms with Crippen LogP contribution in [0.2, 0.25) is 0 Å².